The van der Waals surface area contributed by atoms with Gasteiger partial charge in [-0.3, -0.25) is 0 Å². The van der Waals surface area contributed by atoms with Crippen molar-refractivity contribution in [1.82, 2.24) is 10.2 Å². The number of nitrogens with zero attached hydrogens (tertiary/aromatic N) is 1. The maximum Gasteiger partial charge on any atom is 0.411 e. The molecule has 120 valence electrons. The van der Waals surface area contributed by atoms with Crippen molar-refractivity contribution in [2.24, 2.45) is 5.92 Å². The van der Waals surface area contributed by atoms with Gasteiger partial charge in [0.25, 0.3) is 0 Å². The van der Waals surface area contributed by atoms with E-state index >= 15 is 0 Å². The number of rotatable bonds is 6. The first kappa shape index (κ1) is 17.7. The molecule has 0 radical (unpaired) electrons. The van der Waals surface area contributed by atoms with Gasteiger partial charge in [-0.2, -0.15) is 13.2 Å². The summed E-state index contributed by atoms with van der Waals surface area (Å²) in [5.41, 5.74) is 0.109. The molecule has 0 aromatic rings. The SMILES string of the molecule is CC(C)(C)NCC1CCCN(CCOCC(F)(F)F)C1. The van der Waals surface area contributed by atoms with Crippen molar-refractivity contribution in [3.05, 3.63) is 0 Å². The summed E-state index contributed by atoms with van der Waals surface area (Å²) < 4.78 is 40.5. The van der Waals surface area contributed by atoms with Gasteiger partial charge in [-0.05, 0) is 52.6 Å². The quantitative estimate of drug-likeness (QED) is 0.763. The Hall–Kier alpha value is -0.330. The predicted octanol–water partition coefficient (Wildman–Crippen LogP) is 2.67. The van der Waals surface area contributed by atoms with E-state index in [0.29, 0.717) is 12.5 Å². The molecule has 0 amide bonds. The average molecular weight is 296 g/mol. The zero-order valence-electron chi connectivity index (χ0n) is 12.7. The Morgan fingerprint density at radius 2 is 1.95 bits per heavy atom. The molecule has 20 heavy (non-hydrogen) atoms. The van der Waals surface area contributed by atoms with E-state index in [2.05, 4.69) is 35.7 Å². The van der Waals surface area contributed by atoms with Crippen LogP contribution in [-0.2, 0) is 4.74 Å². The maximum absolute atomic E-state index is 11.9. The van der Waals surface area contributed by atoms with Crippen LogP contribution in [0.25, 0.3) is 0 Å². The summed E-state index contributed by atoms with van der Waals surface area (Å²) in [5.74, 6) is 0.575. The van der Waals surface area contributed by atoms with Crippen molar-refractivity contribution in [3.63, 3.8) is 0 Å². The first-order chi connectivity index (χ1) is 9.16. The van der Waals surface area contributed by atoms with Crippen molar-refractivity contribution in [2.45, 2.75) is 45.3 Å². The van der Waals surface area contributed by atoms with E-state index in [1.54, 1.807) is 0 Å². The number of likely N-dealkylation sites (tertiary alicyclic amines) is 1. The van der Waals surface area contributed by atoms with E-state index in [9.17, 15) is 13.2 Å². The zero-order chi connectivity index (χ0) is 15.2. The fraction of sp³-hybridized carbons (Fsp3) is 1.00. The molecule has 1 rings (SSSR count). The van der Waals surface area contributed by atoms with E-state index in [1.165, 1.54) is 6.42 Å². The van der Waals surface area contributed by atoms with E-state index < -0.39 is 12.8 Å². The van der Waals surface area contributed by atoms with Gasteiger partial charge in [-0.1, -0.05) is 0 Å². The summed E-state index contributed by atoms with van der Waals surface area (Å²) in [6.45, 7) is 8.87. The minimum atomic E-state index is -4.22. The number of ether oxygens (including phenoxy) is 1. The van der Waals surface area contributed by atoms with Crippen molar-refractivity contribution in [2.75, 3.05) is 39.4 Å². The molecule has 1 atom stereocenters. The minimum Gasteiger partial charge on any atom is -0.371 e. The molecule has 0 saturated carbocycles. The molecule has 1 unspecified atom stereocenters. The molecule has 1 saturated heterocycles. The third-order valence-corrected chi connectivity index (χ3v) is 3.34. The Labute approximate surface area is 119 Å². The smallest absolute Gasteiger partial charge is 0.371 e. The number of halogens is 3. The second kappa shape index (κ2) is 7.61. The summed E-state index contributed by atoms with van der Waals surface area (Å²) in [4.78, 5) is 2.20. The van der Waals surface area contributed by atoms with Crippen LogP contribution in [0.2, 0.25) is 0 Å². The number of hydrogen-bond donors (Lipinski definition) is 1. The highest BCUT2D eigenvalue weighted by atomic mass is 19.4. The van der Waals surface area contributed by atoms with Crippen LogP contribution in [0.5, 0.6) is 0 Å². The normalized spacial score (nSPS) is 22.2. The van der Waals surface area contributed by atoms with Crippen LogP contribution in [0, 0.1) is 5.92 Å². The van der Waals surface area contributed by atoms with Gasteiger partial charge in [0.05, 0.1) is 6.61 Å². The van der Waals surface area contributed by atoms with Crippen molar-refractivity contribution < 1.29 is 17.9 Å². The van der Waals surface area contributed by atoms with Crippen LogP contribution in [0.4, 0.5) is 13.2 Å². The Morgan fingerprint density at radius 1 is 1.25 bits per heavy atom. The van der Waals surface area contributed by atoms with Crippen molar-refractivity contribution >= 4 is 0 Å². The highest BCUT2D eigenvalue weighted by Crippen LogP contribution is 2.17. The van der Waals surface area contributed by atoms with E-state index in [1.807, 2.05) is 0 Å². The number of alkyl halides is 3. The molecule has 1 aliphatic heterocycles. The van der Waals surface area contributed by atoms with Crippen LogP contribution in [0.1, 0.15) is 33.6 Å². The minimum absolute atomic E-state index is 0.109. The lowest BCUT2D eigenvalue weighted by Crippen LogP contribution is -2.45. The Morgan fingerprint density at radius 3 is 2.55 bits per heavy atom. The molecule has 1 heterocycles. The summed E-state index contributed by atoms with van der Waals surface area (Å²) in [6.07, 6.45) is -1.93. The van der Waals surface area contributed by atoms with E-state index in [4.69, 9.17) is 0 Å². The summed E-state index contributed by atoms with van der Waals surface area (Å²) in [5, 5.41) is 3.49. The zero-order valence-corrected chi connectivity index (χ0v) is 12.7. The highest BCUT2D eigenvalue weighted by Gasteiger charge is 2.27. The lowest BCUT2D eigenvalue weighted by molar-refractivity contribution is -0.174. The van der Waals surface area contributed by atoms with Gasteiger partial charge < -0.3 is 15.0 Å². The fourth-order valence-corrected chi connectivity index (χ4v) is 2.35. The van der Waals surface area contributed by atoms with E-state index in [-0.39, 0.29) is 12.1 Å². The Balaban J connectivity index is 2.17. The number of piperidine rings is 1. The highest BCUT2D eigenvalue weighted by molar-refractivity contribution is 4.78. The summed E-state index contributed by atoms with van der Waals surface area (Å²) in [7, 11) is 0. The first-order valence-corrected chi connectivity index (χ1v) is 7.27. The van der Waals surface area contributed by atoms with Gasteiger partial charge in [-0.25, -0.2) is 0 Å². The molecule has 1 N–H and O–H groups in total. The molecule has 3 nitrogen and oxygen atoms in total. The number of hydrogen-bond acceptors (Lipinski definition) is 3. The molecule has 0 spiro atoms. The molecule has 0 aromatic carbocycles. The van der Waals surface area contributed by atoms with Crippen LogP contribution in [0.15, 0.2) is 0 Å². The van der Waals surface area contributed by atoms with Gasteiger partial charge in [0.1, 0.15) is 6.61 Å². The lowest BCUT2D eigenvalue weighted by atomic mass is 9.96. The molecule has 0 aliphatic carbocycles. The molecule has 1 aliphatic rings. The molecule has 0 bridgehead atoms. The van der Waals surface area contributed by atoms with Gasteiger partial charge in [0, 0.05) is 18.6 Å². The second-order valence-electron chi connectivity index (χ2n) is 6.61. The average Bonchev–Trinajstić information content (AvgIpc) is 2.31. The largest absolute Gasteiger partial charge is 0.411 e. The topological polar surface area (TPSA) is 24.5 Å². The lowest BCUT2D eigenvalue weighted by Gasteiger charge is -2.34. The Bertz CT molecular complexity index is 277. The first-order valence-electron chi connectivity index (χ1n) is 7.27. The molecule has 1 fully saturated rings. The molecular formula is C14H27F3N2O. The predicted molar refractivity (Wildman–Crippen MR) is 73.8 cm³/mol. The van der Waals surface area contributed by atoms with Crippen LogP contribution in [0.3, 0.4) is 0 Å². The second-order valence-corrected chi connectivity index (χ2v) is 6.61. The monoisotopic (exact) mass is 296 g/mol. The molecular weight excluding hydrogens is 269 g/mol. The van der Waals surface area contributed by atoms with Gasteiger partial charge in [0.2, 0.25) is 0 Å². The molecule has 6 heteroatoms. The van der Waals surface area contributed by atoms with Gasteiger partial charge in [0.15, 0.2) is 0 Å². The van der Waals surface area contributed by atoms with Crippen LogP contribution >= 0.6 is 0 Å². The van der Waals surface area contributed by atoms with Crippen molar-refractivity contribution in [3.8, 4) is 0 Å². The summed E-state index contributed by atoms with van der Waals surface area (Å²) >= 11 is 0. The standard InChI is InChI=1S/C14H27F3N2O/c1-13(2,3)18-9-12-5-4-6-19(10-12)7-8-20-11-14(15,16)17/h12,18H,4-11H2,1-3H3. The van der Waals surface area contributed by atoms with Crippen LogP contribution < -0.4 is 5.32 Å². The van der Waals surface area contributed by atoms with Crippen LogP contribution in [-0.4, -0.2) is 56.0 Å². The third-order valence-electron chi connectivity index (χ3n) is 3.34. The fourth-order valence-electron chi connectivity index (χ4n) is 2.35. The maximum atomic E-state index is 11.9. The van der Waals surface area contributed by atoms with E-state index in [0.717, 1.165) is 26.1 Å². The third kappa shape index (κ3) is 8.76. The number of nitrogens with one attached hydrogen (secondary N) is 1. The van der Waals surface area contributed by atoms with Gasteiger partial charge in [-0.15, -0.1) is 0 Å². The van der Waals surface area contributed by atoms with Crippen molar-refractivity contribution in [1.29, 1.82) is 0 Å². The molecule has 0 aromatic heterocycles. The summed E-state index contributed by atoms with van der Waals surface area (Å²) in [6, 6.07) is 0. The Kier molecular flexibility index (Phi) is 6.75. The van der Waals surface area contributed by atoms with Gasteiger partial charge >= 0.3 is 6.18 Å².